The molecule has 0 aliphatic carbocycles. The first kappa shape index (κ1) is 21.1. The molecule has 7 nitrogen and oxygen atoms in total. The molecule has 1 aliphatic rings. The Morgan fingerprint density at radius 2 is 2.00 bits per heavy atom. The molecule has 4 rings (SSSR count). The van der Waals surface area contributed by atoms with Crippen molar-refractivity contribution in [1.82, 2.24) is 19.7 Å². The van der Waals surface area contributed by atoms with Gasteiger partial charge < -0.3 is 4.90 Å². The van der Waals surface area contributed by atoms with E-state index in [2.05, 4.69) is 10.1 Å². The first-order chi connectivity index (χ1) is 14.8. The summed E-state index contributed by atoms with van der Waals surface area (Å²) in [7, 11) is 1.83. The van der Waals surface area contributed by atoms with Crippen molar-refractivity contribution in [2.24, 2.45) is 7.05 Å². The summed E-state index contributed by atoms with van der Waals surface area (Å²) in [4.78, 5) is 33.6. The van der Waals surface area contributed by atoms with E-state index in [1.54, 1.807) is 22.7 Å². The van der Waals surface area contributed by atoms with Gasteiger partial charge in [0.2, 0.25) is 0 Å². The molecule has 0 N–H and O–H groups in total. The second-order valence-electron chi connectivity index (χ2n) is 7.46. The Morgan fingerprint density at radius 3 is 2.71 bits per heavy atom. The SMILES string of the molecule is Cc1nc(N2CCN(Cc3ccc(F)c(F)c3)C2=O)sc1C(=O)CCc1cnn(C)c1. The molecule has 0 saturated carbocycles. The quantitative estimate of drug-likeness (QED) is 0.520. The average molecular weight is 445 g/mol. The molecular weight excluding hydrogens is 424 g/mol. The number of Topliss-reactive ketones (excluding diaryl/α,β-unsaturated/α-hetero) is 1. The average Bonchev–Trinajstić information content (AvgIpc) is 3.42. The lowest BCUT2D eigenvalue weighted by atomic mass is 10.1. The molecule has 31 heavy (non-hydrogen) atoms. The highest BCUT2D eigenvalue weighted by Crippen LogP contribution is 2.30. The maximum absolute atomic E-state index is 13.5. The van der Waals surface area contributed by atoms with Crippen LogP contribution < -0.4 is 4.90 Å². The number of hydrogen-bond acceptors (Lipinski definition) is 5. The number of urea groups is 1. The predicted octanol–water partition coefficient (Wildman–Crippen LogP) is 3.72. The summed E-state index contributed by atoms with van der Waals surface area (Å²) >= 11 is 1.21. The fraction of sp³-hybridized carbons (Fsp3) is 0.333. The molecule has 3 heterocycles. The molecule has 162 valence electrons. The molecule has 2 aromatic heterocycles. The van der Waals surface area contributed by atoms with Gasteiger partial charge in [-0.2, -0.15) is 5.10 Å². The number of benzene rings is 1. The van der Waals surface area contributed by atoms with E-state index in [0.717, 1.165) is 17.7 Å². The highest BCUT2D eigenvalue weighted by Gasteiger charge is 2.32. The van der Waals surface area contributed by atoms with Crippen molar-refractivity contribution in [3.05, 3.63) is 63.9 Å². The lowest BCUT2D eigenvalue weighted by molar-refractivity contribution is 0.0986. The molecule has 1 fully saturated rings. The van der Waals surface area contributed by atoms with Gasteiger partial charge in [0, 0.05) is 39.3 Å². The summed E-state index contributed by atoms with van der Waals surface area (Å²) in [6, 6.07) is 3.34. The van der Waals surface area contributed by atoms with Gasteiger partial charge in [-0.3, -0.25) is 14.4 Å². The zero-order chi connectivity index (χ0) is 22.1. The standard InChI is InChI=1S/C21H21F2N5O2S/c1-13-19(18(29)6-4-15-10-24-26(2)11-15)31-20(25-13)28-8-7-27(21(28)30)12-14-3-5-16(22)17(23)9-14/h3,5,9-11H,4,6-8,12H2,1-2H3. The lowest BCUT2D eigenvalue weighted by Gasteiger charge is -2.17. The maximum Gasteiger partial charge on any atom is 0.326 e. The molecule has 3 aromatic rings. The summed E-state index contributed by atoms with van der Waals surface area (Å²) in [6.07, 6.45) is 4.54. The Labute approximate surface area is 181 Å². The Bertz CT molecular complexity index is 1140. The van der Waals surface area contributed by atoms with Gasteiger partial charge in [0.1, 0.15) is 0 Å². The van der Waals surface area contributed by atoms with Crippen LogP contribution in [-0.2, 0) is 20.0 Å². The van der Waals surface area contributed by atoms with E-state index in [9.17, 15) is 18.4 Å². The van der Waals surface area contributed by atoms with E-state index in [4.69, 9.17) is 0 Å². The van der Waals surface area contributed by atoms with Crippen LogP contribution in [-0.4, -0.2) is 44.6 Å². The van der Waals surface area contributed by atoms with Crippen molar-refractivity contribution in [1.29, 1.82) is 0 Å². The number of carbonyl (C=O) groups excluding carboxylic acids is 2. The van der Waals surface area contributed by atoms with Crippen LogP contribution in [0.25, 0.3) is 0 Å². The van der Waals surface area contributed by atoms with Gasteiger partial charge in [-0.1, -0.05) is 17.4 Å². The molecule has 10 heteroatoms. The van der Waals surface area contributed by atoms with E-state index < -0.39 is 11.6 Å². The number of ketones is 1. The van der Waals surface area contributed by atoms with Crippen LogP contribution in [0.2, 0.25) is 0 Å². The number of rotatable bonds is 7. The Hall–Kier alpha value is -3.14. The molecular formula is C21H21F2N5O2S. The molecule has 0 bridgehead atoms. The van der Waals surface area contributed by atoms with E-state index in [1.165, 1.54) is 22.3 Å². The Morgan fingerprint density at radius 1 is 1.19 bits per heavy atom. The second kappa shape index (κ2) is 8.54. The number of amides is 2. The maximum atomic E-state index is 13.5. The normalized spacial score (nSPS) is 14.0. The van der Waals surface area contributed by atoms with Gasteiger partial charge in [0.25, 0.3) is 0 Å². The van der Waals surface area contributed by atoms with Crippen LogP contribution in [0.5, 0.6) is 0 Å². The molecule has 1 saturated heterocycles. The number of aromatic nitrogens is 3. The number of nitrogens with zero attached hydrogens (tertiary/aromatic N) is 5. The van der Waals surface area contributed by atoms with Gasteiger partial charge in [-0.05, 0) is 36.6 Å². The van der Waals surface area contributed by atoms with Crippen molar-refractivity contribution in [2.45, 2.75) is 26.3 Å². The molecule has 2 amide bonds. The highest BCUT2D eigenvalue weighted by atomic mass is 32.1. The second-order valence-corrected chi connectivity index (χ2v) is 8.44. The zero-order valence-corrected chi connectivity index (χ0v) is 18.0. The van der Waals surface area contributed by atoms with Gasteiger partial charge in [0.05, 0.1) is 16.8 Å². The van der Waals surface area contributed by atoms with Crippen molar-refractivity contribution in [3.63, 3.8) is 0 Å². The number of hydrogen-bond donors (Lipinski definition) is 0. The van der Waals surface area contributed by atoms with Crippen LogP contribution >= 0.6 is 11.3 Å². The number of thiazole rings is 1. The third-order valence-corrected chi connectivity index (χ3v) is 6.34. The van der Waals surface area contributed by atoms with Crippen LogP contribution in [0.3, 0.4) is 0 Å². The topological polar surface area (TPSA) is 71.3 Å². The van der Waals surface area contributed by atoms with E-state index in [0.29, 0.717) is 47.2 Å². The smallest absolute Gasteiger partial charge is 0.318 e. The van der Waals surface area contributed by atoms with Crippen LogP contribution in [0.1, 0.15) is 32.9 Å². The minimum atomic E-state index is -0.939. The van der Waals surface area contributed by atoms with Crippen LogP contribution in [0.15, 0.2) is 30.6 Å². The fourth-order valence-corrected chi connectivity index (χ4v) is 4.55. The summed E-state index contributed by atoms with van der Waals surface area (Å²) in [5, 5.41) is 4.58. The van der Waals surface area contributed by atoms with E-state index in [-0.39, 0.29) is 18.4 Å². The summed E-state index contributed by atoms with van der Waals surface area (Å²) in [5.74, 6) is -1.88. The minimum absolute atomic E-state index is 0.0182. The van der Waals surface area contributed by atoms with Gasteiger partial charge in [0.15, 0.2) is 22.5 Å². The fourth-order valence-electron chi connectivity index (χ4n) is 3.49. The minimum Gasteiger partial charge on any atom is -0.318 e. The van der Waals surface area contributed by atoms with Crippen molar-refractivity contribution >= 4 is 28.3 Å². The third kappa shape index (κ3) is 4.48. The summed E-state index contributed by atoms with van der Waals surface area (Å²) in [5.41, 5.74) is 2.10. The summed E-state index contributed by atoms with van der Waals surface area (Å²) in [6.45, 7) is 2.78. The van der Waals surface area contributed by atoms with Gasteiger partial charge >= 0.3 is 6.03 Å². The zero-order valence-electron chi connectivity index (χ0n) is 17.1. The van der Waals surface area contributed by atoms with E-state index in [1.807, 2.05) is 13.2 Å². The largest absolute Gasteiger partial charge is 0.326 e. The molecule has 0 radical (unpaired) electrons. The Balaban J connectivity index is 1.42. The Kier molecular flexibility index (Phi) is 5.81. The monoisotopic (exact) mass is 445 g/mol. The highest BCUT2D eigenvalue weighted by molar-refractivity contribution is 7.17. The van der Waals surface area contributed by atoms with Crippen LogP contribution in [0.4, 0.5) is 18.7 Å². The summed E-state index contributed by atoms with van der Waals surface area (Å²) < 4.78 is 28.3. The molecule has 0 atom stereocenters. The van der Waals surface area contributed by atoms with Crippen molar-refractivity contribution in [2.75, 3.05) is 18.0 Å². The van der Waals surface area contributed by atoms with Gasteiger partial charge in [-0.15, -0.1) is 0 Å². The predicted molar refractivity (Wildman–Crippen MR) is 112 cm³/mol. The third-order valence-electron chi connectivity index (χ3n) is 5.12. The molecule has 1 aromatic carbocycles. The molecule has 0 spiro atoms. The van der Waals surface area contributed by atoms with E-state index >= 15 is 0 Å². The number of carbonyl (C=O) groups is 2. The molecule has 0 unspecified atom stereocenters. The number of halogens is 2. The molecule has 1 aliphatic heterocycles. The van der Waals surface area contributed by atoms with Crippen molar-refractivity contribution in [3.8, 4) is 0 Å². The van der Waals surface area contributed by atoms with Gasteiger partial charge in [-0.25, -0.2) is 18.6 Å². The first-order valence-electron chi connectivity index (χ1n) is 9.80. The van der Waals surface area contributed by atoms with Crippen LogP contribution in [0, 0.1) is 18.6 Å². The van der Waals surface area contributed by atoms with Crippen molar-refractivity contribution < 1.29 is 18.4 Å². The first-order valence-corrected chi connectivity index (χ1v) is 10.6. The number of aryl methyl sites for hydroxylation is 3. The lowest BCUT2D eigenvalue weighted by Crippen LogP contribution is -2.31. The number of anilines is 1.